The summed E-state index contributed by atoms with van der Waals surface area (Å²) in [6.45, 7) is 7.28. The third-order valence-corrected chi connectivity index (χ3v) is 3.58. The molecule has 0 saturated carbocycles. The van der Waals surface area contributed by atoms with Crippen LogP contribution in [0.25, 0.3) is 0 Å². The zero-order valence-electron chi connectivity index (χ0n) is 10.8. The fourth-order valence-electron chi connectivity index (χ4n) is 1.20. The van der Waals surface area contributed by atoms with Crippen molar-refractivity contribution in [1.82, 2.24) is 9.03 Å². The van der Waals surface area contributed by atoms with Crippen molar-refractivity contribution in [2.45, 2.75) is 39.7 Å². The fourth-order valence-corrected chi connectivity index (χ4v) is 2.83. The number of nitrogens with one attached hydrogen (secondary N) is 1. The van der Waals surface area contributed by atoms with E-state index in [0.717, 1.165) is 4.31 Å². The topological polar surface area (TPSA) is 108 Å². The van der Waals surface area contributed by atoms with Crippen LogP contribution in [0.4, 0.5) is 0 Å². The summed E-state index contributed by atoms with van der Waals surface area (Å²) in [7, 11) is -3.64. The number of hydrogen-bond donors (Lipinski definition) is 3. The van der Waals surface area contributed by atoms with Crippen molar-refractivity contribution in [3.8, 4) is 0 Å². The van der Waals surface area contributed by atoms with Gasteiger partial charge in [-0.2, -0.15) is 17.4 Å². The van der Waals surface area contributed by atoms with E-state index in [9.17, 15) is 8.42 Å². The standard InChI is InChI=1S/C9H22N4O3S/c1-5-6-13(7-8(10)11-14)17(15,16)12-9(2,3)4/h12,14H,5-7H2,1-4H3,(H2,10,11). The Labute approximate surface area is 103 Å². The average molecular weight is 266 g/mol. The van der Waals surface area contributed by atoms with Crippen LogP contribution in [0, 0.1) is 0 Å². The Hall–Kier alpha value is -0.860. The summed E-state index contributed by atoms with van der Waals surface area (Å²) < 4.78 is 27.7. The summed E-state index contributed by atoms with van der Waals surface area (Å²) in [6.07, 6.45) is 0.643. The smallest absolute Gasteiger partial charge is 0.280 e. The normalized spacial score (nSPS) is 14.3. The highest BCUT2D eigenvalue weighted by Crippen LogP contribution is 2.07. The first-order valence-corrected chi connectivity index (χ1v) is 6.82. The van der Waals surface area contributed by atoms with Crippen LogP contribution in [0.1, 0.15) is 34.1 Å². The van der Waals surface area contributed by atoms with Crippen molar-refractivity contribution in [3.63, 3.8) is 0 Å². The Balaban J connectivity index is 4.92. The molecule has 0 heterocycles. The molecule has 0 rings (SSSR count). The summed E-state index contributed by atoms with van der Waals surface area (Å²) in [5.41, 5.74) is 4.76. The van der Waals surface area contributed by atoms with E-state index in [0.29, 0.717) is 13.0 Å². The lowest BCUT2D eigenvalue weighted by Crippen LogP contribution is -2.51. The molecule has 0 aromatic rings. The molecule has 4 N–H and O–H groups in total. The molecule has 0 amide bonds. The molecule has 0 unspecified atom stereocenters. The maximum Gasteiger partial charge on any atom is 0.280 e. The molecule has 0 spiro atoms. The van der Waals surface area contributed by atoms with Crippen LogP contribution in [0.5, 0.6) is 0 Å². The van der Waals surface area contributed by atoms with Crippen LogP contribution >= 0.6 is 0 Å². The first-order chi connectivity index (χ1) is 7.62. The van der Waals surface area contributed by atoms with Crippen LogP contribution in [-0.4, -0.2) is 42.4 Å². The lowest BCUT2D eigenvalue weighted by atomic mass is 10.1. The minimum atomic E-state index is -3.64. The molecule has 8 heteroatoms. The van der Waals surface area contributed by atoms with Crippen molar-refractivity contribution < 1.29 is 13.6 Å². The molecule has 102 valence electrons. The second-order valence-electron chi connectivity index (χ2n) is 4.78. The highest BCUT2D eigenvalue weighted by molar-refractivity contribution is 7.87. The molecule has 0 aliphatic heterocycles. The van der Waals surface area contributed by atoms with Gasteiger partial charge in [0, 0.05) is 12.1 Å². The summed E-state index contributed by atoms with van der Waals surface area (Å²) in [4.78, 5) is 0. The van der Waals surface area contributed by atoms with E-state index in [1.165, 1.54) is 0 Å². The van der Waals surface area contributed by atoms with Crippen LogP contribution in [0.2, 0.25) is 0 Å². The van der Waals surface area contributed by atoms with Gasteiger partial charge >= 0.3 is 0 Å². The molecular formula is C9H22N4O3S. The second kappa shape index (κ2) is 6.18. The monoisotopic (exact) mass is 266 g/mol. The molecule has 0 aromatic heterocycles. The molecule has 0 aromatic carbocycles. The Morgan fingerprint density at radius 3 is 2.35 bits per heavy atom. The molecular weight excluding hydrogens is 244 g/mol. The first kappa shape index (κ1) is 16.1. The van der Waals surface area contributed by atoms with Crippen LogP contribution in [0.3, 0.4) is 0 Å². The van der Waals surface area contributed by atoms with Crippen molar-refractivity contribution in [2.75, 3.05) is 13.1 Å². The lowest BCUT2D eigenvalue weighted by molar-refractivity contribution is 0.314. The number of oxime groups is 1. The molecule has 0 aliphatic rings. The van der Waals surface area contributed by atoms with E-state index >= 15 is 0 Å². The average Bonchev–Trinajstić information content (AvgIpc) is 2.13. The predicted octanol–water partition coefficient (Wildman–Crippen LogP) is 0.0777. The zero-order valence-corrected chi connectivity index (χ0v) is 11.6. The van der Waals surface area contributed by atoms with E-state index in [2.05, 4.69) is 9.88 Å². The minimum absolute atomic E-state index is 0.129. The van der Waals surface area contributed by atoms with Gasteiger partial charge in [-0.3, -0.25) is 0 Å². The maximum atomic E-state index is 12.0. The first-order valence-electron chi connectivity index (χ1n) is 5.38. The van der Waals surface area contributed by atoms with Gasteiger partial charge in [0.2, 0.25) is 0 Å². The van der Waals surface area contributed by atoms with Gasteiger partial charge in [0.05, 0.1) is 6.54 Å². The highest BCUT2D eigenvalue weighted by Gasteiger charge is 2.27. The maximum absolute atomic E-state index is 12.0. The Morgan fingerprint density at radius 2 is 2.00 bits per heavy atom. The molecule has 0 bridgehead atoms. The summed E-state index contributed by atoms with van der Waals surface area (Å²) in [5.74, 6) is -0.141. The van der Waals surface area contributed by atoms with Crippen molar-refractivity contribution in [2.24, 2.45) is 10.9 Å². The number of rotatable bonds is 6. The zero-order chi connectivity index (χ0) is 13.7. The summed E-state index contributed by atoms with van der Waals surface area (Å²) in [6, 6.07) is 0. The van der Waals surface area contributed by atoms with Gasteiger partial charge in [-0.15, -0.1) is 0 Å². The lowest BCUT2D eigenvalue weighted by Gasteiger charge is -2.27. The van der Waals surface area contributed by atoms with Gasteiger partial charge in [0.1, 0.15) is 0 Å². The van der Waals surface area contributed by atoms with E-state index in [4.69, 9.17) is 10.9 Å². The molecule has 17 heavy (non-hydrogen) atoms. The number of amidine groups is 1. The minimum Gasteiger partial charge on any atom is -0.409 e. The van der Waals surface area contributed by atoms with Crippen LogP contribution in [-0.2, 0) is 10.2 Å². The van der Waals surface area contributed by atoms with Gasteiger partial charge in [-0.1, -0.05) is 12.1 Å². The van der Waals surface area contributed by atoms with Crippen molar-refractivity contribution >= 4 is 16.0 Å². The van der Waals surface area contributed by atoms with Crippen molar-refractivity contribution in [1.29, 1.82) is 0 Å². The molecule has 0 atom stereocenters. The number of nitrogens with zero attached hydrogens (tertiary/aromatic N) is 2. The van der Waals surface area contributed by atoms with E-state index in [1.807, 2.05) is 6.92 Å². The third-order valence-electron chi connectivity index (χ3n) is 1.71. The Kier molecular flexibility index (Phi) is 5.86. The second-order valence-corrected chi connectivity index (χ2v) is 6.45. The highest BCUT2D eigenvalue weighted by atomic mass is 32.2. The van der Waals surface area contributed by atoms with Crippen LogP contribution in [0.15, 0.2) is 5.16 Å². The molecule has 0 radical (unpaired) electrons. The third kappa shape index (κ3) is 6.44. The van der Waals surface area contributed by atoms with Crippen molar-refractivity contribution in [3.05, 3.63) is 0 Å². The predicted molar refractivity (Wildman–Crippen MR) is 67.1 cm³/mol. The van der Waals surface area contributed by atoms with E-state index < -0.39 is 15.7 Å². The quantitative estimate of drug-likeness (QED) is 0.274. The Bertz CT molecular complexity index is 359. The van der Waals surface area contributed by atoms with E-state index in [-0.39, 0.29) is 12.4 Å². The number of nitrogens with two attached hydrogens (primary N) is 1. The summed E-state index contributed by atoms with van der Waals surface area (Å²) >= 11 is 0. The van der Waals surface area contributed by atoms with Crippen LogP contribution < -0.4 is 10.5 Å². The molecule has 7 nitrogen and oxygen atoms in total. The Morgan fingerprint density at radius 1 is 1.47 bits per heavy atom. The number of hydrogen-bond acceptors (Lipinski definition) is 4. The van der Waals surface area contributed by atoms with E-state index in [1.54, 1.807) is 20.8 Å². The van der Waals surface area contributed by atoms with Gasteiger partial charge in [0.25, 0.3) is 10.2 Å². The van der Waals surface area contributed by atoms with Gasteiger partial charge < -0.3 is 10.9 Å². The molecule has 0 aliphatic carbocycles. The SMILES string of the molecule is CCCN(CC(N)=NO)S(=O)(=O)NC(C)(C)C. The fraction of sp³-hybridized carbons (Fsp3) is 0.889. The largest absolute Gasteiger partial charge is 0.409 e. The van der Waals surface area contributed by atoms with Gasteiger partial charge in [-0.05, 0) is 27.2 Å². The molecule has 0 fully saturated rings. The molecule has 0 saturated heterocycles. The summed E-state index contributed by atoms with van der Waals surface area (Å²) in [5, 5.41) is 11.3. The van der Waals surface area contributed by atoms with Gasteiger partial charge in [-0.25, -0.2) is 0 Å². The van der Waals surface area contributed by atoms with Gasteiger partial charge in [0.15, 0.2) is 5.84 Å².